The predicted octanol–water partition coefficient (Wildman–Crippen LogP) is 1.66. The summed E-state index contributed by atoms with van der Waals surface area (Å²) in [6.45, 7) is 6.97. The summed E-state index contributed by atoms with van der Waals surface area (Å²) in [5.41, 5.74) is 5.64. The average molecular weight is 238 g/mol. The molecule has 1 atom stereocenters. The smallest absolute Gasteiger partial charge is 0.223 e. The molecule has 5 nitrogen and oxygen atoms in total. The van der Waals surface area contributed by atoms with Crippen LogP contribution < -0.4 is 15.8 Å². The van der Waals surface area contributed by atoms with Crippen molar-refractivity contribution < 1.29 is 4.74 Å². The molecule has 0 aromatic carbocycles. The average Bonchev–Trinajstić information content (AvgIpc) is 2.29. The molecule has 96 valence electrons. The lowest BCUT2D eigenvalue weighted by Gasteiger charge is -2.31. The summed E-state index contributed by atoms with van der Waals surface area (Å²) < 4.78 is 5.01. The Labute approximate surface area is 103 Å². The van der Waals surface area contributed by atoms with Crippen LogP contribution in [0.1, 0.15) is 27.2 Å². The fourth-order valence-electron chi connectivity index (χ4n) is 1.84. The molecule has 0 fully saturated rings. The van der Waals surface area contributed by atoms with Gasteiger partial charge in [0.25, 0.3) is 0 Å². The third-order valence-corrected chi connectivity index (χ3v) is 2.59. The molecule has 0 bridgehead atoms. The summed E-state index contributed by atoms with van der Waals surface area (Å²) >= 11 is 0. The van der Waals surface area contributed by atoms with Gasteiger partial charge in [0, 0.05) is 12.1 Å². The number of aromatic nitrogens is 2. The van der Waals surface area contributed by atoms with E-state index in [1.165, 1.54) is 0 Å². The molecule has 1 unspecified atom stereocenters. The van der Waals surface area contributed by atoms with Crippen molar-refractivity contribution in [3.8, 4) is 5.75 Å². The molecule has 1 heterocycles. The van der Waals surface area contributed by atoms with Crippen molar-refractivity contribution in [1.82, 2.24) is 9.97 Å². The maximum absolute atomic E-state index is 5.82. The highest BCUT2D eigenvalue weighted by atomic mass is 16.5. The van der Waals surface area contributed by atoms with Crippen LogP contribution in [-0.4, -0.2) is 29.2 Å². The van der Waals surface area contributed by atoms with E-state index in [-0.39, 0.29) is 5.54 Å². The van der Waals surface area contributed by atoms with Gasteiger partial charge in [0.2, 0.25) is 5.95 Å². The minimum atomic E-state index is -0.178. The van der Waals surface area contributed by atoms with Crippen LogP contribution in [-0.2, 0) is 0 Å². The second-order valence-corrected chi connectivity index (χ2v) is 4.93. The van der Waals surface area contributed by atoms with Crippen LogP contribution in [0.3, 0.4) is 0 Å². The number of hydrogen-bond donors (Lipinski definition) is 2. The molecule has 0 amide bonds. The van der Waals surface area contributed by atoms with Gasteiger partial charge in [-0.25, -0.2) is 9.97 Å². The van der Waals surface area contributed by atoms with Crippen molar-refractivity contribution in [2.24, 2.45) is 11.7 Å². The lowest BCUT2D eigenvalue weighted by molar-refractivity contribution is 0.401. The Hall–Kier alpha value is -1.36. The zero-order valence-electron chi connectivity index (χ0n) is 11.0. The molecule has 0 saturated heterocycles. The van der Waals surface area contributed by atoms with E-state index >= 15 is 0 Å². The number of rotatable bonds is 6. The van der Waals surface area contributed by atoms with Crippen molar-refractivity contribution >= 4 is 5.95 Å². The molecule has 0 aliphatic rings. The first-order chi connectivity index (χ1) is 7.99. The van der Waals surface area contributed by atoms with E-state index < -0.39 is 0 Å². The highest BCUT2D eigenvalue weighted by Gasteiger charge is 2.24. The maximum atomic E-state index is 5.82. The fraction of sp³-hybridized carbons (Fsp3) is 0.667. The number of anilines is 1. The van der Waals surface area contributed by atoms with E-state index in [1.807, 2.05) is 0 Å². The van der Waals surface area contributed by atoms with Crippen molar-refractivity contribution in [3.05, 3.63) is 12.4 Å². The standard InChI is InChI=1S/C12H22N4O/c1-9(2)5-12(3,8-13)16-11-14-6-10(17-4)7-15-11/h6-7,9H,5,8,13H2,1-4H3,(H,14,15,16). The SMILES string of the molecule is COc1cnc(NC(C)(CN)CC(C)C)nc1. The van der Waals surface area contributed by atoms with Crippen LogP contribution in [0.25, 0.3) is 0 Å². The molecule has 1 rings (SSSR count). The third kappa shape index (κ3) is 4.19. The van der Waals surface area contributed by atoms with Gasteiger partial charge in [-0.1, -0.05) is 13.8 Å². The number of nitrogens with zero attached hydrogens (tertiary/aromatic N) is 2. The largest absolute Gasteiger partial charge is 0.494 e. The minimum absolute atomic E-state index is 0.178. The van der Waals surface area contributed by atoms with Crippen molar-refractivity contribution in [3.63, 3.8) is 0 Å². The van der Waals surface area contributed by atoms with Gasteiger partial charge in [0.05, 0.1) is 19.5 Å². The summed E-state index contributed by atoms with van der Waals surface area (Å²) in [7, 11) is 1.59. The Morgan fingerprint density at radius 3 is 2.41 bits per heavy atom. The summed E-state index contributed by atoms with van der Waals surface area (Å²) in [6, 6.07) is 0. The number of hydrogen-bond acceptors (Lipinski definition) is 5. The van der Waals surface area contributed by atoms with Crippen molar-refractivity contribution in [1.29, 1.82) is 0 Å². The van der Waals surface area contributed by atoms with E-state index in [4.69, 9.17) is 10.5 Å². The Morgan fingerprint density at radius 1 is 1.41 bits per heavy atom. The van der Waals surface area contributed by atoms with E-state index in [1.54, 1.807) is 19.5 Å². The Kier molecular flexibility index (Phi) is 4.69. The summed E-state index contributed by atoms with van der Waals surface area (Å²) in [4.78, 5) is 8.37. The van der Waals surface area contributed by atoms with Gasteiger partial charge in [-0.05, 0) is 19.3 Å². The first kappa shape index (κ1) is 13.7. The highest BCUT2D eigenvalue weighted by molar-refractivity contribution is 5.31. The molecule has 17 heavy (non-hydrogen) atoms. The van der Waals surface area contributed by atoms with E-state index in [0.717, 1.165) is 6.42 Å². The molecule has 3 N–H and O–H groups in total. The van der Waals surface area contributed by atoms with Crippen LogP contribution in [0.2, 0.25) is 0 Å². The number of ether oxygens (including phenoxy) is 1. The normalized spacial score (nSPS) is 14.5. The molecular weight excluding hydrogens is 216 g/mol. The van der Waals surface area contributed by atoms with Gasteiger partial charge in [-0.15, -0.1) is 0 Å². The second kappa shape index (κ2) is 5.82. The second-order valence-electron chi connectivity index (χ2n) is 4.93. The van der Waals surface area contributed by atoms with Crippen LogP contribution in [0.5, 0.6) is 5.75 Å². The molecule has 5 heteroatoms. The predicted molar refractivity (Wildman–Crippen MR) is 69.1 cm³/mol. The maximum Gasteiger partial charge on any atom is 0.223 e. The minimum Gasteiger partial charge on any atom is -0.494 e. The van der Waals surface area contributed by atoms with Crippen LogP contribution in [0.4, 0.5) is 5.95 Å². The van der Waals surface area contributed by atoms with E-state index in [2.05, 4.69) is 36.1 Å². The molecule has 1 aromatic heterocycles. The van der Waals surface area contributed by atoms with Crippen LogP contribution in [0, 0.1) is 5.92 Å². The van der Waals surface area contributed by atoms with Gasteiger partial charge in [-0.3, -0.25) is 0 Å². The summed E-state index contributed by atoms with van der Waals surface area (Å²) in [5, 5.41) is 3.28. The van der Waals surface area contributed by atoms with Crippen LogP contribution >= 0.6 is 0 Å². The molecule has 0 radical (unpaired) electrons. The Bertz CT molecular complexity index is 339. The number of methoxy groups -OCH3 is 1. The summed E-state index contributed by atoms with van der Waals surface area (Å²) in [5.74, 6) is 1.79. The molecule has 1 aromatic rings. The zero-order valence-corrected chi connectivity index (χ0v) is 11.0. The zero-order chi connectivity index (χ0) is 12.9. The van der Waals surface area contributed by atoms with Gasteiger partial charge in [-0.2, -0.15) is 0 Å². The Balaban J connectivity index is 2.72. The van der Waals surface area contributed by atoms with Crippen LogP contribution in [0.15, 0.2) is 12.4 Å². The topological polar surface area (TPSA) is 73.1 Å². The first-order valence-electron chi connectivity index (χ1n) is 5.83. The number of nitrogens with two attached hydrogens (primary N) is 1. The molecule has 0 aliphatic carbocycles. The monoisotopic (exact) mass is 238 g/mol. The lowest BCUT2D eigenvalue weighted by atomic mass is 9.91. The van der Waals surface area contributed by atoms with E-state index in [9.17, 15) is 0 Å². The van der Waals surface area contributed by atoms with Crippen molar-refractivity contribution in [2.45, 2.75) is 32.7 Å². The fourth-order valence-corrected chi connectivity index (χ4v) is 1.84. The molecule has 0 saturated carbocycles. The lowest BCUT2D eigenvalue weighted by Crippen LogP contribution is -2.44. The summed E-state index contributed by atoms with van der Waals surface area (Å²) in [6.07, 6.45) is 4.25. The number of nitrogens with one attached hydrogen (secondary N) is 1. The molecule has 0 spiro atoms. The highest BCUT2D eigenvalue weighted by Crippen LogP contribution is 2.20. The third-order valence-electron chi connectivity index (χ3n) is 2.59. The quantitative estimate of drug-likeness (QED) is 0.788. The van der Waals surface area contributed by atoms with Crippen molar-refractivity contribution in [2.75, 3.05) is 19.0 Å². The first-order valence-corrected chi connectivity index (χ1v) is 5.83. The van der Waals surface area contributed by atoms with E-state index in [0.29, 0.717) is 24.2 Å². The Morgan fingerprint density at radius 2 is 2.00 bits per heavy atom. The van der Waals surface area contributed by atoms with Gasteiger partial charge in [0.15, 0.2) is 5.75 Å². The molecule has 0 aliphatic heterocycles. The molecular formula is C12H22N4O. The van der Waals surface area contributed by atoms with Gasteiger partial charge in [0.1, 0.15) is 0 Å². The van der Waals surface area contributed by atoms with Gasteiger partial charge >= 0.3 is 0 Å². The van der Waals surface area contributed by atoms with Gasteiger partial charge < -0.3 is 15.8 Å².